The van der Waals surface area contributed by atoms with Gasteiger partial charge in [0.1, 0.15) is 11.7 Å². The Bertz CT molecular complexity index is 388. The van der Waals surface area contributed by atoms with E-state index in [0.717, 1.165) is 21.3 Å². The zero-order valence-electron chi connectivity index (χ0n) is 11.1. The van der Waals surface area contributed by atoms with Crippen LogP contribution in [0.5, 0.6) is 0 Å². The van der Waals surface area contributed by atoms with Crippen molar-refractivity contribution in [2.45, 2.75) is 19.3 Å². The van der Waals surface area contributed by atoms with E-state index in [1.54, 1.807) is 0 Å². The van der Waals surface area contributed by atoms with Gasteiger partial charge in [-0.05, 0) is 12.8 Å². The predicted octanol–water partition coefficient (Wildman–Crippen LogP) is -0.139. The maximum atomic E-state index is 11.9. The highest BCUT2D eigenvalue weighted by molar-refractivity contribution is 6.06. The molecule has 0 N–H and O–H groups in total. The second-order valence-corrected chi connectivity index (χ2v) is 4.31. The summed E-state index contributed by atoms with van der Waals surface area (Å²) >= 11 is 0. The van der Waals surface area contributed by atoms with Crippen LogP contribution in [0.1, 0.15) is 19.3 Å². The molecule has 0 spiro atoms. The first kappa shape index (κ1) is 15.1. The summed E-state index contributed by atoms with van der Waals surface area (Å²) in [7, 11) is 3.41. The number of ether oxygens (including phenoxy) is 3. The molecule has 1 unspecified atom stereocenters. The predicted molar refractivity (Wildman–Crippen MR) is 60.8 cm³/mol. The lowest BCUT2D eigenvalue weighted by Crippen LogP contribution is -2.49. The van der Waals surface area contributed by atoms with E-state index in [0.29, 0.717) is 0 Å². The van der Waals surface area contributed by atoms with E-state index >= 15 is 0 Å². The van der Waals surface area contributed by atoms with Crippen LogP contribution in [0.15, 0.2) is 0 Å². The van der Waals surface area contributed by atoms with Gasteiger partial charge in [-0.3, -0.25) is 19.2 Å². The number of rotatable bonds is 3. The molecule has 7 nitrogen and oxygen atoms in total. The minimum Gasteiger partial charge on any atom is -0.468 e. The van der Waals surface area contributed by atoms with Crippen LogP contribution in [-0.4, -0.2) is 45.0 Å². The van der Waals surface area contributed by atoms with Gasteiger partial charge < -0.3 is 14.2 Å². The van der Waals surface area contributed by atoms with Crippen molar-refractivity contribution in [1.82, 2.24) is 0 Å². The second kappa shape index (κ2) is 5.81. The van der Waals surface area contributed by atoms with E-state index in [1.807, 2.05) is 0 Å². The SMILES string of the molecule is COC(=O)C1CC(C(=O)OC)(C(=O)OC)CCC1=O. The van der Waals surface area contributed by atoms with Gasteiger partial charge in [-0.2, -0.15) is 0 Å². The lowest BCUT2D eigenvalue weighted by molar-refractivity contribution is -0.175. The van der Waals surface area contributed by atoms with Crippen molar-refractivity contribution < 1.29 is 33.4 Å². The Morgan fingerprint density at radius 1 is 1.05 bits per heavy atom. The van der Waals surface area contributed by atoms with E-state index in [9.17, 15) is 19.2 Å². The third-order valence-electron chi connectivity index (χ3n) is 3.38. The molecule has 1 atom stereocenters. The Kier molecular flexibility index (Phi) is 4.63. The number of carbonyl (C=O) groups is 4. The molecule has 0 bridgehead atoms. The number of hydrogen-bond acceptors (Lipinski definition) is 7. The Morgan fingerprint density at radius 3 is 2.00 bits per heavy atom. The summed E-state index contributed by atoms with van der Waals surface area (Å²) in [4.78, 5) is 47.0. The fourth-order valence-electron chi connectivity index (χ4n) is 2.28. The first-order valence-corrected chi connectivity index (χ1v) is 5.70. The molecule has 0 aromatic rings. The average Bonchev–Trinajstić information content (AvgIpc) is 2.45. The summed E-state index contributed by atoms with van der Waals surface area (Å²) < 4.78 is 13.7. The van der Waals surface area contributed by atoms with Crippen LogP contribution in [0.3, 0.4) is 0 Å². The van der Waals surface area contributed by atoms with Gasteiger partial charge in [-0.25, -0.2) is 0 Å². The third kappa shape index (κ3) is 2.59. The fraction of sp³-hybridized carbons (Fsp3) is 0.667. The third-order valence-corrected chi connectivity index (χ3v) is 3.38. The van der Waals surface area contributed by atoms with E-state index in [4.69, 9.17) is 0 Å². The first-order chi connectivity index (χ1) is 8.92. The summed E-state index contributed by atoms with van der Waals surface area (Å²) in [6.45, 7) is 0. The van der Waals surface area contributed by atoms with Gasteiger partial charge >= 0.3 is 17.9 Å². The number of methoxy groups -OCH3 is 3. The summed E-state index contributed by atoms with van der Waals surface area (Å²) in [6.07, 6.45) is -0.388. The molecule has 1 aliphatic carbocycles. The van der Waals surface area contributed by atoms with Crippen molar-refractivity contribution in [3.05, 3.63) is 0 Å². The lowest BCUT2D eigenvalue weighted by Gasteiger charge is -2.34. The lowest BCUT2D eigenvalue weighted by atomic mass is 9.69. The van der Waals surface area contributed by atoms with Crippen molar-refractivity contribution in [2.24, 2.45) is 11.3 Å². The Labute approximate surface area is 110 Å². The standard InChI is InChI=1S/C12H16O7/c1-17-9(14)7-6-12(10(15)18-2,11(16)19-3)5-4-8(7)13/h7H,4-6H2,1-3H3. The quantitative estimate of drug-likeness (QED) is 0.401. The van der Waals surface area contributed by atoms with Crippen molar-refractivity contribution >= 4 is 23.7 Å². The molecule has 0 heterocycles. The highest BCUT2D eigenvalue weighted by Crippen LogP contribution is 2.40. The maximum Gasteiger partial charge on any atom is 0.323 e. The molecule has 1 aliphatic rings. The van der Waals surface area contributed by atoms with Crippen LogP contribution in [0.4, 0.5) is 0 Å². The van der Waals surface area contributed by atoms with Gasteiger partial charge in [0.2, 0.25) is 0 Å². The number of hydrogen-bond donors (Lipinski definition) is 0. The van der Waals surface area contributed by atoms with Gasteiger partial charge in [-0.15, -0.1) is 0 Å². The average molecular weight is 272 g/mol. The molecule has 0 saturated heterocycles. The molecule has 1 saturated carbocycles. The van der Waals surface area contributed by atoms with E-state index in [2.05, 4.69) is 14.2 Å². The highest BCUT2D eigenvalue weighted by Gasteiger charge is 2.55. The van der Waals surface area contributed by atoms with Gasteiger partial charge in [-0.1, -0.05) is 0 Å². The normalized spacial score (nSPS) is 21.4. The summed E-state index contributed by atoms with van der Waals surface area (Å²) in [5.41, 5.74) is -1.61. The zero-order chi connectivity index (χ0) is 14.6. The van der Waals surface area contributed by atoms with Crippen LogP contribution in [0.2, 0.25) is 0 Å². The van der Waals surface area contributed by atoms with Crippen LogP contribution in [-0.2, 0) is 33.4 Å². The van der Waals surface area contributed by atoms with Crippen LogP contribution < -0.4 is 0 Å². The van der Waals surface area contributed by atoms with Gasteiger partial charge in [0.05, 0.1) is 21.3 Å². The van der Waals surface area contributed by atoms with Crippen LogP contribution in [0, 0.1) is 11.3 Å². The minimum atomic E-state index is -1.61. The molecule has 19 heavy (non-hydrogen) atoms. The van der Waals surface area contributed by atoms with E-state index in [-0.39, 0.29) is 25.0 Å². The molecule has 7 heteroatoms. The van der Waals surface area contributed by atoms with E-state index < -0.39 is 29.2 Å². The summed E-state index contributed by atoms with van der Waals surface area (Å²) in [5, 5.41) is 0. The molecular formula is C12H16O7. The first-order valence-electron chi connectivity index (χ1n) is 5.70. The second-order valence-electron chi connectivity index (χ2n) is 4.31. The zero-order valence-corrected chi connectivity index (χ0v) is 11.1. The molecule has 106 valence electrons. The fourth-order valence-corrected chi connectivity index (χ4v) is 2.28. The van der Waals surface area contributed by atoms with Crippen LogP contribution in [0.25, 0.3) is 0 Å². The summed E-state index contributed by atoms with van der Waals surface area (Å²) in [6, 6.07) is 0. The van der Waals surface area contributed by atoms with Gasteiger partial charge in [0.15, 0.2) is 5.41 Å². The van der Waals surface area contributed by atoms with Gasteiger partial charge in [0, 0.05) is 6.42 Å². The van der Waals surface area contributed by atoms with Crippen molar-refractivity contribution in [3.8, 4) is 0 Å². The number of esters is 3. The molecule has 0 aromatic heterocycles. The minimum absolute atomic E-state index is 0.0291. The van der Waals surface area contributed by atoms with Crippen molar-refractivity contribution in [1.29, 1.82) is 0 Å². The number of Topliss-reactive ketones (excluding diaryl/α,β-unsaturated/α-hetero) is 1. The van der Waals surface area contributed by atoms with Crippen molar-refractivity contribution in [2.75, 3.05) is 21.3 Å². The smallest absolute Gasteiger partial charge is 0.323 e. The topological polar surface area (TPSA) is 96.0 Å². The molecule has 0 aliphatic heterocycles. The molecule has 1 rings (SSSR count). The van der Waals surface area contributed by atoms with Crippen molar-refractivity contribution in [3.63, 3.8) is 0 Å². The number of carbonyl (C=O) groups excluding carboxylic acids is 4. The Hall–Kier alpha value is -1.92. The maximum absolute atomic E-state index is 11.9. The van der Waals surface area contributed by atoms with Crippen LogP contribution >= 0.6 is 0 Å². The molecular weight excluding hydrogens is 256 g/mol. The Morgan fingerprint density at radius 2 is 1.58 bits per heavy atom. The highest BCUT2D eigenvalue weighted by atomic mass is 16.5. The molecule has 1 fully saturated rings. The summed E-state index contributed by atoms with van der Waals surface area (Å²) in [5.74, 6) is -3.87. The molecule has 0 aromatic carbocycles. The number of ketones is 1. The monoisotopic (exact) mass is 272 g/mol. The van der Waals surface area contributed by atoms with Gasteiger partial charge in [0.25, 0.3) is 0 Å². The Balaban J connectivity index is 3.13. The molecule has 0 amide bonds. The van der Waals surface area contributed by atoms with E-state index in [1.165, 1.54) is 0 Å². The molecule has 0 radical (unpaired) electrons. The largest absolute Gasteiger partial charge is 0.468 e.